The molecule has 0 saturated heterocycles. The standard InChI is InChI=1S/2C17H25OSi.CH5Si.2ClH.Zr/c2*1-6-11-17(2,3)15-12-13-9-7-8-10-14(13)16(15)18-19(4)5;1-2;;;/h2*7-10,12,19H,6,11H2,1-5H3;2H2,1H3;2*1H;/q;;;;;+2/p-2. The van der Waals surface area contributed by atoms with Crippen molar-refractivity contribution in [3.63, 3.8) is 0 Å². The monoisotopic (exact) mass is 751 g/mol. The van der Waals surface area contributed by atoms with Crippen molar-refractivity contribution >= 4 is 36.2 Å². The van der Waals surface area contributed by atoms with Crippen LogP contribution in [0, 0.1) is 10.8 Å². The van der Waals surface area contributed by atoms with Gasteiger partial charge in [0.2, 0.25) is 0 Å². The second kappa shape index (κ2) is 16.0. The third-order valence-corrected chi connectivity index (χ3v) is 28.8. The first-order valence-corrected chi connectivity index (χ1v) is 32.0. The van der Waals surface area contributed by atoms with Gasteiger partial charge in [-0.3, -0.25) is 0 Å². The zero-order valence-electron chi connectivity index (χ0n) is 28.5. The van der Waals surface area contributed by atoms with Crippen molar-refractivity contribution in [3.8, 4) is 0 Å². The average Bonchev–Trinajstić information content (AvgIpc) is 3.39. The topological polar surface area (TPSA) is 18.5 Å². The normalized spacial score (nSPS) is 18.3. The summed E-state index contributed by atoms with van der Waals surface area (Å²) in [5.74, 6) is 2.56. The van der Waals surface area contributed by atoms with Crippen LogP contribution in [0.1, 0.15) is 96.7 Å². The average molecular weight is 754 g/mol. The van der Waals surface area contributed by atoms with Crippen LogP contribution < -0.4 is 24.8 Å². The van der Waals surface area contributed by atoms with E-state index in [1.807, 2.05) is 0 Å². The van der Waals surface area contributed by atoms with E-state index in [0.717, 1.165) is 0 Å². The van der Waals surface area contributed by atoms with Gasteiger partial charge in [-0.1, -0.05) is 0 Å². The molecular formula is C35H55Cl2O2Si3Zr. The second-order valence-electron chi connectivity index (χ2n) is 14.1. The summed E-state index contributed by atoms with van der Waals surface area (Å²) in [7, 11) is -2.57. The van der Waals surface area contributed by atoms with E-state index in [1.165, 1.54) is 48.3 Å². The molecule has 2 unspecified atom stereocenters. The number of fused-ring (bicyclic) bond motifs is 2. The van der Waals surface area contributed by atoms with Gasteiger partial charge in [-0.25, -0.2) is 0 Å². The van der Waals surface area contributed by atoms with E-state index in [4.69, 9.17) is 8.85 Å². The summed E-state index contributed by atoms with van der Waals surface area (Å²) >= 11 is -2.26. The summed E-state index contributed by atoms with van der Waals surface area (Å²) in [6.45, 7) is 26.5. The molecule has 2 aliphatic carbocycles. The molecule has 0 bridgehead atoms. The van der Waals surface area contributed by atoms with Gasteiger partial charge in [-0.05, 0) is 0 Å². The van der Waals surface area contributed by atoms with E-state index >= 15 is 0 Å². The molecule has 2 aromatic carbocycles. The number of hydrogen-bond acceptors (Lipinski definition) is 2. The fourth-order valence-corrected chi connectivity index (χ4v) is 29.5. The maximum atomic E-state index is 6.98. The number of benzene rings is 2. The Balaban J connectivity index is 0.00000323. The van der Waals surface area contributed by atoms with Crippen LogP contribution in [0.15, 0.2) is 59.7 Å². The van der Waals surface area contributed by atoms with Gasteiger partial charge < -0.3 is 24.8 Å². The van der Waals surface area contributed by atoms with Gasteiger partial charge in [0.25, 0.3) is 0 Å². The van der Waals surface area contributed by atoms with Gasteiger partial charge in [0.05, 0.1) is 0 Å². The van der Waals surface area contributed by atoms with Crippen molar-refractivity contribution in [1.29, 1.82) is 0 Å². The van der Waals surface area contributed by atoms with Crippen LogP contribution >= 0.6 is 0 Å². The number of allylic oxidation sites excluding steroid dienone is 2. The van der Waals surface area contributed by atoms with Crippen LogP contribution in [-0.2, 0) is 29.8 Å². The van der Waals surface area contributed by atoms with Gasteiger partial charge in [0.1, 0.15) is 0 Å². The quantitative estimate of drug-likeness (QED) is 0.293. The van der Waals surface area contributed by atoms with Crippen LogP contribution in [0.5, 0.6) is 0 Å². The predicted octanol–water partition coefficient (Wildman–Crippen LogP) is 3.33. The first-order chi connectivity index (χ1) is 19.4. The molecule has 0 spiro atoms. The molecule has 2 aromatic rings. The molecule has 4 rings (SSSR count). The van der Waals surface area contributed by atoms with E-state index < -0.39 is 39.0 Å². The third-order valence-electron chi connectivity index (χ3n) is 9.16. The Bertz CT molecular complexity index is 1210. The smallest absolute Gasteiger partial charge is 1.00 e. The Hall–Kier alpha value is -0.366. The van der Waals surface area contributed by atoms with Crippen molar-refractivity contribution in [3.05, 3.63) is 81.9 Å². The summed E-state index contributed by atoms with van der Waals surface area (Å²) in [5.41, 5.74) is 9.60. The van der Waals surface area contributed by atoms with Crippen LogP contribution in [-0.4, -0.2) is 24.7 Å². The fraction of sp³-hybridized carbons (Fsp3) is 0.543. The number of hydrogen-bond donors (Lipinski definition) is 0. The molecule has 8 heteroatoms. The Morgan fingerprint density at radius 1 is 0.674 bits per heavy atom. The Morgan fingerprint density at radius 2 is 1.02 bits per heavy atom. The SMILES string of the molecule is CCCC(C)(C)C1=C(O[SiH](C)C)c2ccccc2[CH]1[Zr+2]([SiH2]C)[CH]1C(C(C)(C)CCC)=C(O[SiH](C)C)c2ccccc21.[Cl-].[Cl-]. The predicted molar refractivity (Wildman–Crippen MR) is 184 cm³/mol. The molecule has 43 heavy (non-hydrogen) atoms. The molecule has 0 aliphatic heterocycles. The maximum absolute atomic E-state index is 6.98. The number of halogens is 2. The Labute approximate surface area is 288 Å². The van der Waals surface area contributed by atoms with Crippen LogP contribution in [0.2, 0.25) is 32.7 Å². The summed E-state index contributed by atoms with van der Waals surface area (Å²) in [5, 5.41) is 0. The van der Waals surface area contributed by atoms with E-state index in [2.05, 4.69) is 123 Å². The minimum Gasteiger partial charge on any atom is -1.00 e. The Morgan fingerprint density at radius 3 is 1.33 bits per heavy atom. The fourth-order valence-electron chi connectivity index (χ4n) is 7.76. The molecule has 0 amide bonds. The largest absolute Gasteiger partial charge is 1.00 e. The van der Waals surface area contributed by atoms with Crippen LogP contribution in [0.3, 0.4) is 0 Å². The van der Waals surface area contributed by atoms with Gasteiger partial charge in [-0.2, -0.15) is 0 Å². The van der Waals surface area contributed by atoms with E-state index in [1.54, 1.807) is 22.3 Å². The molecular weight excluding hydrogens is 699 g/mol. The van der Waals surface area contributed by atoms with Crippen molar-refractivity contribution in [2.24, 2.45) is 10.8 Å². The van der Waals surface area contributed by atoms with Crippen molar-refractivity contribution in [1.82, 2.24) is 0 Å². The maximum Gasteiger partial charge on any atom is -1.00 e. The van der Waals surface area contributed by atoms with E-state index in [-0.39, 0.29) is 42.3 Å². The summed E-state index contributed by atoms with van der Waals surface area (Å²) in [6, 6.07) is 18.8. The zero-order valence-corrected chi connectivity index (χ0v) is 36.2. The van der Waals surface area contributed by atoms with Crippen molar-refractivity contribution in [2.75, 3.05) is 0 Å². The molecule has 0 N–H and O–H groups in total. The third kappa shape index (κ3) is 7.79. The first-order valence-electron chi connectivity index (χ1n) is 16.3. The van der Waals surface area contributed by atoms with E-state index in [9.17, 15) is 0 Å². The Kier molecular flexibility index (Phi) is 14.4. The molecule has 0 radical (unpaired) electrons. The van der Waals surface area contributed by atoms with Gasteiger partial charge in [-0.15, -0.1) is 0 Å². The van der Waals surface area contributed by atoms with Gasteiger partial charge >= 0.3 is 266 Å². The molecule has 2 aliphatic rings. The van der Waals surface area contributed by atoms with Gasteiger partial charge in [0.15, 0.2) is 0 Å². The minimum atomic E-state index is -2.26. The number of rotatable bonds is 13. The molecule has 0 aromatic heterocycles. The molecule has 2 atom stereocenters. The summed E-state index contributed by atoms with van der Waals surface area (Å²) in [4.78, 5) is 0. The molecule has 0 fully saturated rings. The van der Waals surface area contributed by atoms with Crippen molar-refractivity contribution < 1.29 is 54.6 Å². The summed E-state index contributed by atoms with van der Waals surface area (Å²) in [6.07, 6.45) is 4.82. The second-order valence-corrected chi connectivity index (χ2v) is 35.1. The summed E-state index contributed by atoms with van der Waals surface area (Å²) < 4.78 is 15.1. The first kappa shape index (κ1) is 38.8. The van der Waals surface area contributed by atoms with E-state index in [0.29, 0.717) is 7.25 Å². The molecule has 0 saturated carbocycles. The molecule has 0 heterocycles. The zero-order chi connectivity index (χ0) is 30.1. The van der Waals surface area contributed by atoms with Crippen LogP contribution in [0.25, 0.3) is 11.5 Å². The molecule has 237 valence electrons. The van der Waals surface area contributed by atoms with Gasteiger partial charge in [0, 0.05) is 0 Å². The molecule has 2 nitrogen and oxygen atoms in total. The minimum absolute atomic E-state index is 0. The van der Waals surface area contributed by atoms with Crippen LogP contribution in [0.4, 0.5) is 0 Å². The van der Waals surface area contributed by atoms with Crippen molar-refractivity contribution in [2.45, 2.75) is 107 Å².